The van der Waals surface area contributed by atoms with Crippen molar-refractivity contribution in [3.8, 4) is 0 Å². The van der Waals surface area contributed by atoms with Crippen LogP contribution >= 0.6 is 0 Å². The molecule has 1 heterocycles. The highest BCUT2D eigenvalue weighted by Gasteiger charge is 2.41. The minimum atomic E-state index is 0.555. The Labute approximate surface area is 91.1 Å². The van der Waals surface area contributed by atoms with E-state index in [2.05, 4.69) is 29.2 Å². The van der Waals surface area contributed by atoms with Gasteiger partial charge in [0.25, 0.3) is 0 Å². The summed E-state index contributed by atoms with van der Waals surface area (Å²) in [6, 6.07) is 0.616. The van der Waals surface area contributed by atoms with E-state index in [-0.39, 0.29) is 0 Å². The van der Waals surface area contributed by atoms with Crippen molar-refractivity contribution in [2.45, 2.75) is 39.2 Å². The van der Waals surface area contributed by atoms with Gasteiger partial charge in [0.05, 0.1) is 0 Å². The zero-order valence-electron chi connectivity index (χ0n) is 9.82. The van der Waals surface area contributed by atoms with E-state index in [0.29, 0.717) is 11.5 Å². The Morgan fingerprint density at radius 1 is 1.60 bits per heavy atom. The van der Waals surface area contributed by atoms with Crippen LogP contribution in [0.1, 0.15) is 32.5 Å². The lowest BCUT2D eigenvalue weighted by molar-refractivity contribution is 0.381. The molecule has 84 valence electrons. The van der Waals surface area contributed by atoms with E-state index in [9.17, 15) is 0 Å². The first-order chi connectivity index (χ1) is 7.12. The highest BCUT2D eigenvalue weighted by molar-refractivity contribution is 4.97. The van der Waals surface area contributed by atoms with E-state index in [4.69, 9.17) is 0 Å². The number of hydrogen-bond donors (Lipinski definition) is 1. The lowest BCUT2D eigenvalue weighted by atomic mass is 10.0. The smallest absolute Gasteiger partial charge is 0.138 e. The van der Waals surface area contributed by atoms with Gasteiger partial charge in [-0.05, 0) is 25.2 Å². The second kappa shape index (κ2) is 3.93. The molecular weight excluding hydrogens is 188 g/mol. The van der Waals surface area contributed by atoms with Crippen molar-refractivity contribution in [1.82, 2.24) is 20.1 Å². The van der Waals surface area contributed by atoms with Crippen molar-refractivity contribution >= 4 is 0 Å². The van der Waals surface area contributed by atoms with Gasteiger partial charge in [-0.25, -0.2) is 4.98 Å². The van der Waals surface area contributed by atoms with Gasteiger partial charge >= 0.3 is 0 Å². The predicted octanol–water partition coefficient (Wildman–Crippen LogP) is 1.14. The predicted molar refractivity (Wildman–Crippen MR) is 59.5 cm³/mol. The fourth-order valence-electron chi connectivity index (χ4n) is 1.82. The number of rotatable bonds is 5. The molecule has 1 N–H and O–H groups in total. The van der Waals surface area contributed by atoms with Crippen LogP contribution in [0.3, 0.4) is 0 Å². The van der Waals surface area contributed by atoms with Crippen molar-refractivity contribution in [3.63, 3.8) is 0 Å². The first-order valence-corrected chi connectivity index (χ1v) is 5.68. The summed E-state index contributed by atoms with van der Waals surface area (Å²) in [7, 11) is 1.94. The Hall–Kier alpha value is -0.900. The van der Waals surface area contributed by atoms with E-state index in [1.807, 2.05) is 11.7 Å². The molecule has 1 aromatic heterocycles. The van der Waals surface area contributed by atoms with Crippen molar-refractivity contribution < 1.29 is 0 Å². The van der Waals surface area contributed by atoms with E-state index < -0.39 is 0 Å². The third kappa shape index (κ3) is 2.37. The quantitative estimate of drug-likeness (QED) is 0.789. The molecule has 0 bridgehead atoms. The maximum Gasteiger partial charge on any atom is 0.138 e. The van der Waals surface area contributed by atoms with E-state index in [1.54, 1.807) is 6.33 Å². The van der Waals surface area contributed by atoms with Gasteiger partial charge in [-0.3, -0.25) is 4.68 Å². The van der Waals surface area contributed by atoms with Gasteiger partial charge in [0.2, 0.25) is 0 Å². The zero-order valence-corrected chi connectivity index (χ0v) is 9.82. The monoisotopic (exact) mass is 208 g/mol. The molecule has 1 aromatic rings. The number of aromatic nitrogens is 3. The molecule has 0 amide bonds. The van der Waals surface area contributed by atoms with Gasteiger partial charge < -0.3 is 5.32 Å². The van der Waals surface area contributed by atoms with Crippen LogP contribution in [0.2, 0.25) is 0 Å². The highest BCUT2D eigenvalue weighted by Crippen LogP contribution is 2.47. The standard InChI is InChI=1S/C11H20N4/c1-9(11(2)5-6-11)12-7-4-10-13-8-14-15(10)3/h8-9,12H,4-7H2,1-3H3. The summed E-state index contributed by atoms with van der Waals surface area (Å²) < 4.78 is 1.84. The summed E-state index contributed by atoms with van der Waals surface area (Å²) in [5.41, 5.74) is 0.555. The summed E-state index contributed by atoms with van der Waals surface area (Å²) in [6.45, 7) is 5.62. The molecule has 1 fully saturated rings. The second-order valence-corrected chi connectivity index (χ2v) is 4.88. The minimum absolute atomic E-state index is 0.555. The topological polar surface area (TPSA) is 42.7 Å². The molecule has 1 saturated carbocycles. The number of nitrogens with zero attached hydrogens (tertiary/aromatic N) is 3. The molecule has 0 spiro atoms. The Balaban J connectivity index is 1.73. The molecule has 0 radical (unpaired) electrons. The van der Waals surface area contributed by atoms with Gasteiger partial charge in [0.15, 0.2) is 0 Å². The van der Waals surface area contributed by atoms with Gasteiger partial charge in [0, 0.05) is 26.1 Å². The molecule has 4 heteroatoms. The number of aryl methyl sites for hydroxylation is 1. The van der Waals surface area contributed by atoms with Crippen LogP contribution in [0.25, 0.3) is 0 Å². The third-order valence-corrected chi connectivity index (χ3v) is 3.69. The highest BCUT2D eigenvalue weighted by atomic mass is 15.3. The van der Waals surface area contributed by atoms with Crippen LogP contribution in [0.15, 0.2) is 6.33 Å². The van der Waals surface area contributed by atoms with Crippen molar-refractivity contribution in [1.29, 1.82) is 0 Å². The summed E-state index contributed by atoms with van der Waals surface area (Å²) in [4.78, 5) is 4.20. The molecule has 0 aromatic carbocycles. The maximum absolute atomic E-state index is 4.20. The molecule has 0 saturated heterocycles. The fraction of sp³-hybridized carbons (Fsp3) is 0.818. The number of nitrogens with one attached hydrogen (secondary N) is 1. The van der Waals surface area contributed by atoms with Crippen molar-refractivity contribution in [3.05, 3.63) is 12.2 Å². The average molecular weight is 208 g/mol. The molecule has 0 aliphatic heterocycles. The van der Waals surface area contributed by atoms with Gasteiger partial charge in [-0.15, -0.1) is 0 Å². The fourth-order valence-corrected chi connectivity index (χ4v) is 1.82. The molecule has 15 heavy (non-hydrogen) atoms. The zero-order chi connectivity index (χ0) is 10.9. The molecule has 1 unspecified atom stereocenters. The Bertz CT molecular complexity index is 327. The van der Waals surface area contributed by atoms with E-state index in [1.165, 1.54) is 12.8 Å². The Kier molecular flexibility index (Phi) is 2.78. The van der Waals surface area contributed by atoms with Crippen molar-refractivity contribution in [2.75, 3.05) is 6.54 Å². The van der Waals surface area contributed by atoms with Gasteiger partial charge in [-0.2, -0.15) is 5.10 Å². The first kappa shape index (κ1) is 10.6. The third-order valence-electron chi connectivity index (χ3n) is 3.69. The van der Waals surface area contributed by atoms with Crippen LogP contribution < -0.4 is 5.32 Å². The summed E-state index contributed by atoms with van der Waals surface area (Å²) in [5.74, 6) is 1.05. The Morgan fingerprint density at radius 2 is 2.33 bits per heavy atom. The molecule has 2 rings (SSSR count). The SMILES string of the molecule is CC(NCCc1ncnn1C)C1(C)CC1. The van der Waals surface area contributed by atoms with Crippen LogP contribution in [0, 0.1) is 5.41 Å². The van der Waals surface area contributed by atoms with E-state index >= 15 is 0 Å². The largest absolute Gasteiger partial charge is 0.313 e. The summed E-state index contributed by atoms with van der Waals surface area (Å²) >= 11 is 0. The average Bonchev–Trinajstić information content (AvgIpc) is 2.83. The molecule has 1 aliphatic rings. The van der Waals surface area contributed by atoms with Crippen LogP contribution in [0.5, 0.6) is 0 Å². The number of hydrogen-bond acceptors (Lipinski definition) is 3. The first-order valence-electron chi connectivity index (χ1n) is 5.68. The maximum atomic E-state index is 4.20. The normalized spacial score (nSPS) is 20.2. The van der Waals surface area contributed by atoms with Gasteiger partial charge in [0.1, 0.15) is 12.2 Å². The molecule has 1 atom stereocenters. The van der Waals surface area contributed by atoms with E-state index in [0.717, 1.165) is 18.8 Å². The van der Waals surface area contributed by atoms with Gasteiger partial charge in [-0.1, -0.05) is 6.92 Å². The van der Waals surface area contributed by atoms with Crippen molar-refractivity contribution in [2.24, 2.45) is 12.5 Å². The lowest BCUT2D eigenvalue weighted by Crippen LogP contribution is -2.35. The second-order valence-electron chi connectivity index (χ2n) is 4.88. The molecular formula is C11H20N4. The summed E-state index contributed by atoms with van der Waals surface area (Å²) in [5, 5.41) is 7.62. The van der Waals surface area contributed by atoms with Crippen LogP contribution in [-0.2, 0) is 13.5 Å². The molecule has 1 aliphatic carbocycles. The molecule has 4 nitrogen and oxygen atoms in total. The Morgan fingerprint density at radius 3 is 2.87 bits per heavy atom. The lowest BCUT2D eigenvalue weighted by Gasteiger charge is -2.20. The minimum Gasteiger partial charge on any atom is -0.313 e. The summed E-state index contributed by atoms with van der Waals surface area (Å²) in [6.07, 6.45) is 5.30. The van der Waals surface area contributed by atoms with Crippen LogP contribution in [0.4, 0.5) is 0 Å². The van der Waals surface area contributed by atoms with Crippen LogP contribution in [-0.4, -0.2) is 27.4 Å².